The first-order valence-corrected chi connectivity index (χ1v) is 7.50. The number of aromatic amines is 1. The van der Waals surface area contributed by atoms with Crippen LogP contribution in [-0.2, 0) is 12.8 Å². The van der Waals surface area contributed by atoms with Gasteiger partial charge in [0.1, 0.15) is 5.82 Å². The van der Waals surface area contributed by atoms with Crippen LogP contribution in [0, 0.1) is 13.8 Å². The van der Waals surface area contributed by atoms with Crippen LogP contribution in [0.5, 0.6) is 0 Å². The van der Waals surface area contributed by atoms with Crippen molar-refractivity contribution in [3.05, 3.63) is 56.8 Å². The third kappa shape index (κ3) is 2.71. The van der Waals surface area contributed by atoms with E-state index in [1.54, 1.807) is 6.92 Å². The quantitative estimate of drug-likeness (QED) is 0.910. The molecule has 0 fully saturated rings. The summed E-state index contributed by atoms with van der Waals surface area (Å²) in [5, 5.41) is 3.43. The fraction of sp³-hybridized carbons (Fsp3) is 0.412. The minimum atomic E-state index is -0.0682. The van der Waals surface area contributed by atoms with Gasteiger partial charge in [-0.1, -0.05) is 6.07 Å². The van der Waals surface area contributed by atoms with E-state index >= 15 is 0 Å². The molecule has 0 aliphatic heterocycles. The van der Waals surface area contributed by atoms with Gasteiger partial charge in [-0.2, -0.15) is 0 Å². The molecule has 1 atom stereocenters. The van der Waals surface area contributed by atoms with Crippen molar-refractivity contribution in [2.24, 2.45) is 0 Å². The van der Waals surface area contributed by atoms with Crippen molar-refractivity contribution < 1.29 is 0 Å². The molecule has 1 unspecified atom stereocenters. The van der Waals surface area contributed by atoms with Gasteiger partial charge in [-0.15, -0.1) is 0 Å². The summed E-state index contributed by atoms with van der Waals surface area (Å²) in [7, 11) is 0. The molecule has 1 aliphatic rings. The van der Waals surface area contributed by atoms with E-state index in [1.807, 2.05) is 13.8 Å². The van der Waals surface area contributed by atoms with Gasteiger partial charge >= 0.3 is 0 Å². The van der Waals surface area contributed by atoms with Crippen molar-refractivity contribution in [1.29, 1.82) is 0 Å². The first-order chi connectivity index (χ1) is 10.0. The Balaban J connectivity index is 1.87. The van der Waals surface area contributed by atoms with Gasteiger partial charge in [0.2, 0.25) is 0 Å². The van der Waals surface area contributed by atoms with E-state index in [0.29, 0.717) is 11.4 Å². The van der Waals surface area contributed by atoms with Crippen LogP contribution in [0.1, 0.15) is 47.6 Å². The van der Waals surface area contributed by atoms with Gasteiger partial charge < -0.3 is 10.3 Å². The molecule has 0 amide bonds. The lowest BCUT2D eigenvalue weighted by molar-refractivity contribution is 0.813. The van der Waals surface area contributed by atoms with Crippen LogP contribution >= 0.6 is 0 Å². The zero-order valence-corrected chi connectivity index (χ0v) is 12.8. The van der Waals surface area contributed by atoms with E-state index in [-0.39, 0.29) is 11.6 Å². The maximum absolute atomic E-state index is 12.1. The summed E-state index contributed by atoms with van der Waals surface area (Å²) in [4.78, 5) is 19.3. The van der Waals surface area contributed by atoms with Crippen LogP contribution in [-0.4, -0.2) is 9.97 Å². The molecule has 1 aliphatic carbocycles. The SMILES string of the molecule is Cc1nc(C)c(C(C)Nc2ccc3c(c2)CCC3)c(=O)[nH]1. The van der Waals surface area contributed by atoms with E-state index < -0.39 is 0 Å². The Morgan fingerprint density at radius 2 is 2.00 bits per heavy atom. The van der Waals surface area contributed by atoms with Crippen molar-refractivity contribution in [3.8, 4) is 0 Å². The second kappa shape index (κ2) is 5.35. The lowest BCUT2D eigenvalue weighted by atomic mass is 10.1. The molecule has 21 heavy (non-hydrogen) atoms. The molecule has 1 heterocycles. The predicted octanol–water partition coefficient (Wildman–Crippen LogP) is 3.05. The molecule has 0 spiro atoms. The molecule has 3 rings (SSSR count). The molecular weight excluding hydrogens is 262 g/mol. The molecule has 2 aromatic rings. The monoisotopic (exact) mass is 283 g/mol. The van der Waals surface area contributed by atoms with Crippen LogP contribution in [0.25, 0.3) is 0 Å². The average molecular weight is 283 g/mol. The Kier molecular flexibility index (Phi) is 3.53. The molecule has 0 bridgehead atoms. The Morgan fingerprint density at radius 3 is 2.76 bits per heavy atom. The maximum atomic E-state index is 12.1. The zero-order valence-electron chi connectivity index (χ0n) is 12.8. The highest BCUT2D eigenvalue weighted by Crippen LogP contribution is 2.26. The Morgan fingerprint density at radius 1 is 1.24 bits per heavy atom. The smallest absolute Gasteiger partial charge is 0.256 e. The number of rotatable bonds is 3. The highest BCUT2D eigenvalue weighted by Gasteiger charge is 2.16. The Bertz CT molecular complexity index is 733. The number of anilines is 1. The van der Waals surface area contributed by atoms with Crippen LogP contribution < -0.4 is 10.9 Å². The minimum Gasteiger partial charge on any atom is -0.378 e. The summed E-state index contributed by atoms with van der Waals surface area (Å²) >= 11 is 0. The molecule has 1 aromatic heterocycles. The molecule has 110 valence electrons. The first kappa shape index (κ1) is 13.9. The number of aryl methyl sites for hydroxylation is 4. The van der Waals surface area contributed by atoms with Gasteiger partial charge in [-0.05, 0) is 63.3 Å². The molecule has 2 N–H and O–H groups in total. The molecule has 1 aromatic carbocycles. The van der Waals surface area contributed by atoms with Crippen LogP contribution in [0.15, 0.2) is 23.0 Å². The van der Waals surface area contributed by atoms with Gasteiger partial charge in [-0.25, -0.2) is 4.98 Å². The standard InChI is InChI=1S/C17H21N3O/c1-10-16(17(21)20-12(3)18-10)11(2)19-15-8-7-13-5-4-6-14(13)9-15/h7-9,11,19H,4-6H2,1-3H3,(H,18,20,21). The number of nitrogens with one attached hydrogen (secondary N) is 2. The number of hydrogen-bond acceptors (Lipinski definition) is 3. The summed E-state index contributed by atoms with van der Waals surface area (Å²) in [6.45, 7) is 5.69. The first-order valence-electron chi connectivity index (χ1n) is 7.50. The average Bonchev–Trinajstić information content (AvgIpc) is 2.84. The largest absolute Gasteiger partial charge is 0.378 e. The van der Waals surface area contributed by atoms with Gasteiger partial charge in [-0.3, -0.25) is 4.79 Å². The number of fused-ring (bicyclic) bond motifs is 1. The number of H-pyrrole nitrogens is 1. The highest BCUT2D eigenvalue weighted by atomic mass is 16.1. The van der Waals surface area contributed by atoms with E-state index in [1.165, 1.54) is 24.0 Å². The van der Waals surface area contributed by atoms with Crippen LogP contribution in [0.3, 0.4) is 0 Å². The Hall–Kier alpha value is -2.10. The van der Waals surface area contributed by atoms with Gasteiger partial charge in [0.15, 0.2) is 0 Å². The lowest BCUT2D eigenvalue weighted by Gasteiger charge is -2.17. The summed E-state index contributed by atoms with van der Waals surface area (Å²) < 4.78 is 0. The molecule has 4 nitrogen and oxygen atoms in total. The van der Waals surface area contributed by atoms with Crippen molar-refractivity contribution in [3.63, 3.8) is 0 Å². The van der Waals surface area contributed by atoms with E-state index in [4.69, 9.17) is 0 Å². The third-order valence-electron chi connectivity index (χ3n) is 4.18. The normalized spacial score (nSPS) is 14.8. The zero-order chi connectivity index (χ0) is 15.0. The molecule has 0 saturated carbocycles. The van der Waals surface area contributed by atoms with Gasteiger partial charge in [0.25, 0.3) is 5.56 Å². The van der Waals surface area contributed by atoms with E-state index in [9.17, 15) is 4.79 Å². The fourth-order valence-corrected chi connectivity index (χ4v) is 3.23. The van der Waals surface area contributed by atoms with Crippen molar-refractivity contribution in [1.82, 2.24) is 9.97 Å². The molecular formula is C17H21N3O. The molecule has 4 heteroatoms. The van der Waals surface area contributed by atoms with Crippen molar-refractivity contribution in [2.75, 3.05) is 5.32 Å². The maximum Gasteiger partial charge on any atom is 0.256 e. The summed E-state index contributed by atoms with van der Waals surface area (Å²) in [6.07, 6.45) is 3.59. The Labute approximate surface area is 124 Å². The van der Waals surface area contributed by atoms with E-state index in [0.717, 1.165) is 17.8 Å². The summed E-state index contributed by atoms with van der Waals surface area (Å²) in [5.41, 5.74) is 5.40. The van der Waals surface area contributed by atoms with Crippen LogP contribution in [0.4, 0.5) is 5.69 Å². The van der Waals surface area contributed by atoms with E-state index in [2.05, 4.69) is 33.5 Å². The summed E-state index contributed by atoms with van der Waals surface area (Å²) in [6, 6.07) is 6.44. The number of benzene rings is 1. The second-order valence-electron chi connectivity index (χ2n) is 5.85. The molecule has 0 saturated heterocycles. The number of nitrogens with zero attached hydrogens (tertiary/aromatic N) is 1. The highest BCUT2D eigenvalue weighted by molar-refractivity contribution is 5.51. The molecule has 0 radical (unpaired) electrons. The van der Waals surface area contributed by atoms with Gasteiger partial charge in [0.05, 0.1) is 17.3 Å². The van der Waals surface area contributed by atoms with Crippen molar-refractivity contribution in [2.45, 2.75) is 46.1 Å². The van der Waals surface area contributed by atoms with Gasteiger partial charge in [0, 0.05) is 5.69 Å². The predicted molar refractivity (Wildman–Crippen MR) is 84.8 cm³/mol. The summed E-state index contributed by atoms with van der Waals surface area (Å²) in [5.74, 6) is 0.658. The van der Waals surface area contributed by atoms with Crippen LogP contribution in [0.2, 0.25) is 0 Å². The number of aromatic nitrogens is 2. The second-order valence-corrected chi connectivity index (χ2v) is 5.85. The van der Waals surface area contributed by atoms with Crippen molar-refractivity contribution >= 4 is 5.69 Å². The minimum absolute atomic E-state index is 0.0545. The number of hydrogen-bond donors (Lipinski definition) is 2. The topological polar surface area (TPSA) is 57.8 Å². The lowest BCUT2D eigenvalue weighted by Crippen LogP contribution is -2.23. The third-order valence-corrected chi connectivity index (χ3v) is 4.18. The fourth-order valence-electron chi connectivity index (χ4n) is 3.23.